The molecule has 1 amide bonds. The van der Waals surface area contributed by atoms with Crippen molar-refractivity contribution in [1.29, 1.82) is 0 Å². The van der Waals surface area contributed by atoms with E-state index >= 15 is 0 Å². The highest BCUT2D eigenvalue weighted by atomic mass is 16.5. The van der Waals surface area contributed by atoms with Gasteiger partial charge in [0.25, 0.3) is 5.91 Å². The van der Waals surface area contributed by atoms with Crippen LogP contribution in [-0.4, -0.2) is 29.2 Å². The zero-order chi connectivity index (χ0) is 18.4. The van der Waals surface area contributed by atoms with Crippen LogP contribution in [0.25, 0.3) is 0 Å². The van der Waals surface area contributed by atoms with Gasteiger partial charge in [-0.2, -0.15) is 0 Å². The molecular weight excluding hydrogens is 328 g/mol. The molecule has 1 aromatic heterocycles. The number of nitrogens with one attached hydrogen (secondary N) is 1. The molecule has 0 aliphatic carbocycles. The normalized spacial score (nSPS) is 10.4. The number of nitrogens with zero attached hydrogens (tertiary/aromatic N) is 3. The second-order valence-corrected chi connectivity index (χ2v) is 5.77. The highest BCUT2D eigenvalue weighted by Crippen LogP contribution is 2.23. The summed E-state index contributed by atoms with van der Waals surface area (Å²) in [5.74, 6) is 0.588. The molecule has 0 radical (unpaired) electrons. The zero-order valence-corrected chi connectivity index (χ0v) is 14.9. The van der Waals surface area contributed by atoms with Crippen molar-refractivity contribution < 1.29 is 9.53 Å². The molecule has 26 heavy (non-hydrogen) atoms. The Hall–Kier alpha value is -3.28. The minimum atomic E-state index is -0.160. The molecule has 1 heterocycles. The zero-order valence-electron chi connectivity index (χ0n) is 14.9. The number of rotatable bonds is 7. The van der Waals surface area contributed by atoms with Gasteiger partial charge < -0.3 is 10.1 Å². The number of hydrogen-bond donors (Lipinski definition) is 1. The highest BCUT2D eigenvalue weighted by molar-refractivity contribution is 6.08. The molecule has 0 unspecified atom stereocenters. The maximum Gasteiger partial charge on any atom is 0.257 e. The number of hydrogen-bond acceptors (Lipinski definition) is 4. The predicted molar refractivity (Wildman–Crippen MR) is 103 cm³/mol. The molecule has 0 fully saturated rings. The van der Waals surface area contributed by atoms with Crippen LogP contribution in [0, 0.1) is 0 Å². The maximum absolute atomic E-state index is 12.9. The van der Waals surface area contributed by atoms with Gasteiger partial charge in [-0.05, 0) is 42.8 Å². The minimum Gasteiger partial charge on any atom is -0.497 e. The first-order valence-corrected chi connectivity index (χ1v) is 8.53. The fourth-order valence-corrected chi connectivity index (χ4v) is 2.73. The van der Waals surface area contributed by atoms with Crippen molar-refractivity contribution in [2.45, 2.75) is 13.3 Å². The third-order valence-electron chi connectivity index (χ3n) is 3.98. The summed E-state index contributed by atoms with van der Waals surface area (Å²) in [7, 11) is 1.61. The number of benzene rings is 2. The van der Waals surface area contributed by atoms with E-state index in [1.807, 2.05) is 64.4 Å². The number of amides is 1. The lowest BCUT2D eigenvalue weighted by Crippen LogP contribution is -2.31. The van der Waals surface area contributed by atoms with Crippen LogP contribution in [0.3, 0.4) is 0 Å². The Morgan fingerprint density at radius 3 is 2.62 bits per heavy atom. The molecule has 6 nitrogen and oxygen atoms in total. The van der Waals surface area contributed by atoms with Crippen LogP contribution in [0.2, 0.25) is 0 Å². The molecule has 0 saturated heterocycles. The third kappa shape index (κ3) is 3.85. The Morgan fingerprint density at radius 1 is 1.19 bits per heavy atom. The van der Waals surface area contributed by atoms with Gasteiger partial charge >= 0.3 is 0 Å². The summed E-state index contributed by atoms with van der Waals surface area (Å²) in [6, 6.07) is 14.8. The molecule has 1 N–H and O–H groups in total. The van der Waals surface area contributed by atoms with Crippen molar-refractivity contribution in [2.75, 3.05) is 24.0 Å². The molecule has 134 valence electrons. The summed E-state index contributed by atoms with van der Waals surface area (Å²) >= 11 is 0. The van der Waals surface area contributed by atoms with Crippen LogP contribution >= 0.6 is 0 Å². The van der Waals surface area contributed by atoms with Gasteiger partial charge in [0.2, 0.25) is 0 Å². The molecule has 3 rings (SSSR count). The van der Waals surface area contributed by atoms with E-state index < -0.39 is 0 Å². The van der Waals surface area contributed by atoms with Gasteiger partial charge in [0.15, 0.2) is 0 Å². The summed E-state index contributed by atoms with van der Waals surface area (Å²) in [6.45, 7) is 2.87. The van der Waals surface area contributed by atoms with E-state index in [2.05, 4.69) is 17.2 Å². The number of anilines is 2. The van der Waals surface area contributed by atoms with Crippen molar-refractivity contribution >= 4 is 17.3 Å². The Kier molecular flexibility index (Phi) is 5.53. The summed E-state index contributed by atoms with van der Waals surface area (Å²) in [5, 5.41) is 4.98. The molecule has 6 heteroatoms. The monoisotopic (exact) mass is 350 g/mol. The molecule has 0 aliphatic heterocycles. The summed E-state index contributed by atoms with van der Waals surface area (Å²) in [5.41, 5.74) is 2.15. The highest BCUT2D eigenvalue weighted by Gasteiger charge is 2.17. The largest absolute Gasteiger partial charge is 0.497 e. The fraction of sp³-hybridized carbons (Fsp3) is 0.200. The number of imidazole rings is 1. The second-order valence-electron chi connectivity index (χ2n) is 5.77. The molecule has 0 saturated carbocycles. The SMILES string of the molecule is CCCN(c1ccccc1C(=O)Nc1ccc(OC)cc1)n1ccnc1. The van der Waals surface area contributed by atoms with Crippen LogP contribution < -0.4 is 15.1 Å². The van der Waals surface area contributed by atoms with E-state index in [0.29, 0.717) is 5.56 Å². The molecular formula is C20H22N4O2. The predicted octanol–water partition coefficient (Wildman–Crippen LogP) is 3.82. The Labute approximate surface area is 153 Å². The number of methoxy groups -OCH3 is 1. The van der Waals surface area contributed by atoms with Crippen molar-refractivity contribution in [3.05, 3.63) is 72.8 Å². The average Bonchev–Trinajstić information content (AvgIpc) is 3.21. The van der Waals surface area contributed by atoms with Crippen LogP contribution in [-0.2, 0) is 0 Å². The minimum absolute atomic E-state index is 0.160. The number of para-hydroxylation sites is 1. The van der Waals surface area contributed by atoms with Crippen molar-refractivity contribution in [3.8, 4) is 5.75 Å². The summed E-state index contributed by atoms with van der Waals surface area (Å²) < 4.78 is 7.04. The summed E-state index contributed by atoms with van der Waals surface area (Å²) in [6.07, 6.45) is 6.26. The number of ether oxygens (including phenoxy) is 1. The Balaban J connectivity index is 1.88. The molecule has 0 atom stereocenters. The van der Waals surface area contributed by atoms with E-state index in [0.717, 1.165) is 30.1 Å². The fourth-order valence-electron chi connectivity index (χ4n) is 2.73. The van der Waals surface area contributed by atoms with E-state index in [-0.39, 0.29) is 5.91 Å². The number of aromatic nitrogens is 2. The van der Waals surface area contributed by atoms with E-state index in [1.165, 1.54) is 0 Å². The maximum atomic E-state index is 12.9. The first-order valence-electron chi connectivity index (χ1n) is 8.53. The van der Waals surface area contributed by atoms with Crippen molar-refractivity contribution in [1.82, 2.24) is 9.66 Å². The third-order valence-corrected chi connectivity index (χ3v) is 3.98. The van der Waals surface area contributed by atoms with Crippen LogP contribution in [0.4, 0.5) is 11.4 Å². The second kappa shape index (κ2) is 8.20. The number of carbonyl (C=O) groups excluding carboxylic acids is 1. The van der Waals surface area contributed by atoms with Gasteiger partial charge in [-0.3, -0.25) is 9.80 Å². The molecule has 3 aromatic rings. The topological polar surface area (TPSA) is 59.4 Å². The summed E-state index contributed by atoms with van der Waals surface area (Å²) in [4.78, 5) is 17.0. The van der Waals surface area contributed by atoms with Crippen LogP contribution in [0.5, 0.6) is 5.75 Å². The van der Waals surface area contributed by atoms with Crippen molar-refractivity contribution in [2.24, 2.45) is 0 Å². The lowest BCUT2D eigenvalue weighted by atomic mass is 10.1. The first-order chi connectivity index (χ1) is 12.7. The van der Waals surface area contributed by atoms with Gasteiger partial charge in [-0.25, -0.2) is 9.66 Å². The van der Waals surface area contributed by atoms with Gasteiger partial charge in [0.05, 0.1) is 18.4 Å². The molecule has 0 aliphatic rings. The number of carbonyl (C=O) groups is 1. The quantitative estimate of drug-likeness (QED) is 0.704. The average molecular weight is 350 g/mol. The van der Waals surface area contributed by atoms with E-state index in [9.17, 15) is 4.79 Å². The smallest absolute Gasteiger partial charge is 0.257 e. The molecule has 0 bridgehead atoms. The Morgan fingerprint density at radius 2 is 1.96 bits per heavy atom. The molecule has 2 aromatic carbocycles. The first kappa shape index (κ1) is 17.5. The standard InChI is InChI=1S/C20H22N4O2/c1-3-13-24(23-14-12-21-15-23)19-7-5-4-6-18(19)20(25)22-16-8-10-17(26-2)11-9-16/h4-12,14-15H,3,13H2,1-2H3,(H,22,25). The van der Waals surface area contributed by atoms with E-state index in [4.69, 9.17) is 4.74 Å². The van der Waals surface area contributed by atoms with Crippen LogP contribution in [0.15, 0.2) is 67.3 Å². The van der Waals surface area contributed by atoms with E-state index in [1.54, 1.807) is 19.6 Å². The van der Waals surface area contributed by atoms with Gasteiger partial charge in [0.1, 0.15) is 12.1 Å². The Bertz CT molecular complexity index is 845. The molecule has 0 spiro atoms. The lowest BCUT2D eigenvalue weighted by Gasteiger charge is -2.27. The van der Waals surface area contributed by atoms with Crippen LogP contribution in [0.1, 0.15) is 23.7 Å². The van der Waals surface area contributed by atoms with Crippen molar-refractivity contribution in [3.63, 3.8) is 0 Å². The van der Waals surface area contributed by atoms with Gasteiger partial charge in [0, 0.05) is 24.6 Å². The van der Waals surface area contributed by atoms with Gasteiger partial charge in [-0.1, -0.05) is 19.1 Å². The van der Waals surface area contributed by atoms with Gasteiger partial charge in [-0.15, -0.1) is 0 Å². The lowest BCUT2D eigenvalue weighted by molar-refractivity contribution is 0.102.